The molecule has 2 aromatic rings. The summed E-state index contributed by atoms with van der Waals surface area (Å²) in [6, 6.07) is 1.42. The van der Waals surface area contributed by atoms with Crippen LogP contribution in [0.5, 0.6) is 0 Å². The highest BCUT2D eigenvalue weighted by Gasteiger charge is 2.16. The van der Waals surface area contributed by atoms with Crippen molar-refractivity contribution in [1.29, 1.82) is 0 Å². The maximum atomic E-state index is 13.7. The molecule has 0 aliphatic rings. The summed E-state index contributed by atoms with van der Waals surface area (Å²) in [6.07, 6.45) is 4.71. The molecule has 2 rings (SSSR count). The lowest BCUT2D eigenvalue weighted by Crippen LogP contribution is -2.12. The first kappa shape index (κ1) is 15.9. The van der Waals surface area contributed by atoms with Gasteiger partial charge in [0, 0.05) is 0 Å². The molecule has 1 atom stereocenters. The van der Waals surface area contributed by atoms with Crippen LogP contribution in [-0.4, -0.2) is 15.0 Å². The van der Waals surface area contributed by atoms with Crippen molar-refractivity contribution in [1.82, 2.24) is 15.0 Å². The molecular formula is C14H18Br2FN3. The fourth-order valence-electron chi connectivity index (χ4n) is 2.24. The fourth-order valence-corrected chi connectivity index (χ4v) is 3.09. The highest BCUT2D eigenvalue weighted by atomic mass is 79.9. The molecular weight excluding hydrogens is 389 g/mol. The number of benzene rings is 1. The van der Waals surface area contributed by atoms with E-state index in [1.54, 1.807) is 4.80 Å². The molecule has 0 spiro atoms. The molecule has 1 aromatic heterocycles. The quantitative estimate of drug-likeness (QED) is 0.608. The van der Waals surface area contributed by atoms with Crippen molar-refractivity contribution in [3.05, 3.63) is 20.8 Å². The van der Waals surface area contributed by atoms with Crippen molar-refractivity contribution in [2.24, 2.45) is 5.92 Å². The Balaban J connectivity index is 2.27. The normalized spacial score (nSPS) is 13.1. The van der Waals surface area contributed by atoms with E-state index in [2.05, 4.69) is 55.9 Å². The fraction of sp³-hybridized carbons (Fsp3) is 0.571. The number of halogens is 3. The van der Waals surface area contributed by atoms with Crippen LogP contribution in [0.3, 0.4) is 0 Å². The highest BCUT2D eigenvalue weighted by molar-refractivity contribution is 9.11. The van der Waals surface area contributed by atoms with Gasteiger partial charge in [-0.1, -0.05) is 33.1 Å². The molecule has 110 valence electrons. The molecule has 0 bridgehead atoms. The van der Waals surface area contributed by atoms with Crippen molar-refractivity contribution in [2.45, 2.75) is 46.1 Å². The van der Waals surface area contributed by atoms with Gasteiger partial charge in [-0.15, -0.1) is 0 Å². The molecule has 0 N–H and O–H groups in total. The average molecular weight is 407 g/mol. The maximum absolute atomic E-state index is 13.7. The van der Waals surface area contributed by atoms with Gasteiger partial charge in [0.25, 0.3) is 0 Å². The Morgan fingerprint density at radius 1 is 1.25 bits per heavy atom. The van der Waals surface area contributed by atoms with Gasteiger partial charge in [-0.2, -0.15) is 15.0 Å². The van der Waals surface area contributed by atoms with Crippen LogP contribution >= 0.6 is 31.9 Å². The van der Waals surface area contributed by atoms with Gasteiger partial charge in [-0.05, 0) is 50.3 Å². The molecule has 3 nitrogen and oxygen atoms in total. The number of rotatable bonds is 6. The van der Waals surface area contributed by atoms with Gasteiger partial charge >= 0.3 is 0 Å². The zero-order valence-corrected chi connectivity index (χ0v) is 14.8. The van der Waals surface area contributed by atoms with Crippen molar-refractivity contribution in [3.63, 3.8) is 0 Å². The van der Waals surface area contributed by atoms with E-state index in [1.165, 1.54) is 25.3 Å². The van der Waals surface area contributed by atoms with E-state index in [0.29, 0.717) is 25.9 Å². The first-order valence-corrected chi connectivity index (χ1v) is 8.53. The molecule has 1 heterocycles. The average Bonchev–Trinajstić information content (AvgIpc) is 2.85. The molecule has 0 amide bonds. The third-order valence-corrected chi connectivity index (χ3v) is 4.88. The molecule has 0 fully saturated rings. The number of hydrogen-bond donors (Lipinski definition) is 0. The molecule has 0 radical (unpaired) electrons. The SMILES string of the molecule is CCCCC(CC)Cn1nc2c(Br)cc(F)c(Br)c2n1. The molecule has 0 saturated carbocycles. The monoisotopic (exact) mass is 405 g/mol. The van der Waals surface area contributed by atoms with Gasteiger partial charge in [0.05, 0.1) is 15.5 Å². The molecule has 0 aliphatic carbocycles. The van der Waals surface area contributed by atoms with Crippen LogP contribution in [0.1, 0.15) is 39.5 Å². The van der Waals surface area contributed by atoms with Gasteiger partial charge < -0.3 is 0 Å². The van der Waals surface area contributed by atoms with E-state index in [4.69, 9.17) is 0 Å². The van der Waals surface area contributed by atoms with E-state index >= 15 is 0 Å². The first-order chi connectivity index (χ1) is 9.56. The number of unbranched alkanes of at least 4 members (excludes halogenated alkanes) is 1. The van der Waals surface area contributed by atoms with Crippen molar-refractivity contribution >= 4 is 42.9 Å². The van der Waals surface area contributed by atoms with Crippen LogP contribution in [0.2, 0.25) is 0 Å². The summed E-state index contributed by atoms with van der Waals surface area (Å²) in [5, 5.41) is 8.89. The lowest BCUT2D eigenvalue weighted by atomic mass is 10.00. The molecule has 0 aliphatic heterocycles. The molecule has 6 heteroatoms. The van der Waals surface area contributed by atoms with Crippen LogP contribution in [0.4, 0.5) is 4.39 Å². The maximum Gasteiger partial charge on any atom is 0.140 e. The summed E-state index contributed by atoms with van der Waals surface area (Å²) in [7, 11) is 0. The van der Waals surface area contributed by atoms with E-state index in [1.807, 2.05) is 0 Å². The third kappa shape index (κ3) is 3.39. The Morgan fingerprint density at radius 3 is 2.60 bits per heavy atom. The second-order valence-electron chi connectivity index (χ2n) is 5.02. The van der Waals surface area contributed by atoms with Crippen LogP contribution in [0.15, 0.2) is 15.0 Å². The molecule has 1 unspecified atom stereocenters. The second-order valence-corrected chi connectivity index (χ2v) is 6.67. The Hall–Kier alpha value is -0.490. The number of fused-ring (bicyclic) bond motifs is 1. The Morgan fingerprint density at radius 2 is 1.95 bits per heavy atom. The van der Waals surface area contributed by atoms with E-state index in [9.17, 15) is 4.39 Å². The minimum absolute atomic E-state index is 0.325. The first-order valence-electron chi connectivity index (χ1n) is 6.95. The number of aromatic nitrogens is 3. The summed E-state index contributed by atoms with van der Waals surface area (Å²) in [5.74, 6) is 0.244. The third-order valence-electron chi connectivity index (χ3n) is 3.52. The smallest absolute Gasteiger partial charge is 0.140 e. The summed E-state index contributed by atoms with van der Waals surface area (Å²) in [5.41, 5.74) is 1.27. The Bertz CT molecular complexity index is 598. The zero-order chi connectivity index (χ0) is 14.7. The van der Waals surface area contributed by atoms with E-state index in [0.717, 1.165) is 13.0 Å². The van der Waals surface area contributed by atoms with Gasteiger partial charge in [0.1, 0.15) is 16.9 Å². The second kappa shape index (κ2) is 6.98. The topological polar surface area (TPSA) is 30.7 Å². The summed E-state index contributed by atoms with van der Waals surface area (Å²) < 4.78 is 14.7. The Labute approximate surface area is 135 Å². The van der Waals surface area contributed by atoms with Gasteiger partial charge in [0.15, 0.2) is 0 Å². The molecule has 20 heavy (non-hydrogen) atoms. The summed E-state index contributed by atoms with van der Waals surface area (Å²) in [4.78, 5) is 1.70. The van der Waals surface area contributed by atoms with Crippen molar-refractivity contribution in [2.75, 3.05) is 0 Å². The summed E-state index contributed by atoms with van der Waals surface area (Å²) >= 11 is 6.59. The highest BCUT2D eigenvalue weighted by Crippen LogP contribution is 2.30. The Kier molecular flexibility index (Phi) is 5.55. The molecule has 1 aromatic carbocycles. The summed E-state index contributed by atoms with van der Waals surface area (Å²) in [6.45, 7) is 5.17. The minimum Gasteiger partial charge on any atom is -0.206 e. The van der Waals surface area contributed by atoms with Gasteiger partial charge in [-0.3, -0.25) is 0 Å². The van der Waals surface area contributed by atoms with Crippen molar-refractivity contribution < 1.29 is 4.39 Å². The zero-order valence-electron chi connectivity index (χ0n) is 11.7. The van der Waals surface area contributed by atoms with E-state index in [-0.39, 0.29) is 5.82 Å². The number of nitrogens with zero attached hydrogens (tertiary/aromatic N) is 3. The standard InChI is InChI=1S/C14H18Br2FN3/c1-3-5-6-9(4-2)8-20-18-13-10(15)7-11(17)12(16)14(13)19-20/h7,9H,3-6,8H2,1-2H3. The van der Waals surface area contributed by atoms with Crippen LogP contribution < -0.4 is 0 Å². The lowest BCUT2D eigenvalue weighted by molar-refractivity contribution is 0.351. The largest absolute Gasteiger partial charge is 0.206 e. The van der Waals surface area contributed by atoms with Crippen LogP contribution in [0.25, 0.3) is 11.0 Å². The number of hydrogen-bond acceptors (Lipinski definition) is 2. The van der Waals surface area contributed by atoms with Crippen molar-refractivity contribution in [3.8, 4) is 0 Å². The minimum atomic E-state index is -0.325. The van der Waals surface area contributed by atoms with Gasteiger partial charge in [0.2, 0.25) is 0 Å². The lowest BCUT2D eigenvalue weighted by Gasteiger charge is -2.12. The molecule has 0 saturated heterocycles. The van der Waals surface area contributed by atoms with Crippen LogP contribution in [-0.2, 0) is 6.54 Å². The van der Waals surface area contributed by atoms with E-state index < -0.39 is 0 Å². The van der Waals surface area contributed by atoms with Crippen LogP contribution in [0, 0.1) is 11.7 Å². The predicted octanol–water partition coefficient (Wildman–Crippen LogP) is 5.31. The predicted molar refractivity (Wildman–Crippen MR) is 86.2 cm³/mol. The van der Waals surface area contributed by atoms with Gasteiger partial charge in [-0.25, -0.2) is 4.39 Å².